The minimum absolute atomic E-state index is 0.915. The van der Waals surface area contributed by atoms with Crippen LogP contribution >= 0.6 is 34.4 Å². The molecule has 0 heterocycles. The Hall–Kier alpha value is 0.1000. The number of hydrogen-bond donors (Lipinski definition) is 1. The van der Waals surface area contributed by atoms with E-state index in [0.29, 0.717) is 0 Å². The summed E-state index contributed by atoms with van der Waals surface area (Å²) in [5.41, 5.74) is 6.83. The maximum atomic E-state index is 5.91. The van der Waals surface area contributed by atoms with Crippen molar-refractivity contribution >= 4 is 40.0 Å². The van der Waals surface area contributed by atoms with Gasteiger partial charge in [-0.1, -0.05) is 19.8 Å². The molecule has 14 heavy (non-hydrogen) atoms. The Morgan fingerprint density at radius 2 is 2.14 bits per heavy atom. The molecule has 0 amide bonds. The zero-order valence-electron chi connectivity index (χ0n) is 8.42. The van der Waals surface area contributed by atoms with E-state index in [1.165, 1.54) is 33.5 Å². The van der Waals surface area contributed by atoms with Crippen molar-refractivity contribution in [3.63, 3.8) is 0 Å². The number of benzene rings is 1. The van der Waals surface area contributed by atoms with Gasteiger partial charge in [0, 0.05) is 14.2 Å². The Balaban J connectivity index is 2.42. The van der Waals surface area contributed by atoms with Crippen molar-refractivity contribution in [2.45, 2.75) is 31.1 Å². The van der Waals surface area contributed by atoms with Crippen molar-refractivity contribution in [2.24, 2.45) is 0 Å². The van der Waals surface area contributed by atoms with Crippen LogP contribution in [0, 0.1) is 3.57 Å². The number of nitrogens with two attached hydrogens (primary N) is 1. The summed E-state index contributed by atoms with van der Waals surface area (Å²) in [5.74, 6) is 1.18. The molecule has 0 aliphatic carbocycles. The molecular formula is C11H16INS. The highest BCUT2D eigenvalue weighted by Gasteiger charge is 1.99. The standard InChI is InChI=1S/C11H16INS/c1-2-3-4-7-14-11-6-5-9(12)8-10(11)13/h5-6,8H,2-4,7,13H2,1H3. The van der Waals surface area contributed by atoms with Crippen LogP contribution in [0.15, 0.2) is 23.1 Å². The molecule has 0 aliphatic rings. The van der Waals surface area contributed by atoms with E-state index < -0.39 is 0 Å². The van der Waals surface area contributed by atoms with Gasteiger partial charge in [0.15, 0.2) is 0 Å². The summed E-state index contributed by atoms with van der Waals surface area (Å²) in [4.78, 5) is 1.22. The number of rotatable bonds is 5. The second kappa shape index (κ2) is 6.56. The molecule has 1 aromatic carbocycles. The van der Waals surface area contributed by atoms with Gasteiger partial charge < -0.3 is 5.73 Å². The summed E-state index contributed by atoms with van der Waals surface area (Å²) >= 11 is 4.15. The molecule has 1 nitrogen and oxygen atoms in total. The number of halogens is 1. The second-order valence-corrected chi connectivity index (χ2v) is 5.62. The van der Waals surface area contributed by atoms with Gasteiger partial charge in [-0.05, 0) is 53.0 Å². The fourth-order valence-electron chi connectivity index (χ4n) is 1.18. The Morgan fingerprint density at radius 3 is 2.79 bits per heavy atom. The highest BCUT2D eigenvalue weighted by atomic mass is 127. The average molecular weight is 321 g/mol. The average Bonchev–Trinajstić information content (AvgIpc) is 2.15. The fourth-order valence-corrected chi connectivity index (χ4v) is 2.66. The van der Waals surface area contributed by atoms with Gasteiger partial charge in [0.1, 0.15) is 0 Å². The van der Waals surface area contributed by atoms with E-state index in [1.54, 1.807) is 0 Å². The van der Waals surface area contributed by atoms with Crippen molar-refractivity contribution in [3.05, 3.63) is 21.8 Å². The maximum absolute atomic E-state index is 5.91. The van der Waals surface area contributed by atoms with Crippen LogP contribution in [0.5, 0.6) is 0 Å². The summed E-state index contributed by atoms with van der Waals surface area (Å²) in [6.07, 6.45) is 3.88. The van der Waals surface area contributed by atoms with Crippen LogP contribution in [-0.4, -0.2) is 5.75 Å². The normalized spacial score (nSPS) is 10.4. The molecular weight excluding hydrogens is 305 g/mol. The van der Waals surface area contributed by atoms with E-state index >= 15 is 0 Å². The van der Waals surface area contributed by atoms with Crippen LogP contribution in [-0.2, 0) is 0 Å². The maximum Gasteiger partial charge on any atom is 0.0462 e. The molecule has 0 unspecified atom stereocenters. The molecule has 1 rings (SSSR count). The Kier molecular flexibility index (Phi) is 5.70. The van der Waals surface area contributed by atoms with Crippen LogP contribution in [0.1, 0.15) is 26.2 Å². The zero-order chi connectivity index (χ0) is 10.4. The Morgan fingerprint density at radius 1 is 1.36 bits per heavy atom. The molecule has 2 N–H and O–H groups in total. The first kappa shape index (κ1) is 12.2. The van der Waals surface area contributed by atoms with Gasteiger partial charge in [-0.2, -0.15) is 0 Å². The monoisotopic (exact) mass is 321 g/mol. The van der Waals surface area contributed by atoms with Crippen LogP contribution in [0.3, 0.4) is 0 Å². The molecule has 0 bridgehead atoms. The summed E-state index contributed by atoms with van der Waals surface area (Å²) < 4.78 is 1.21. The van der Waals surface area contributed by atoms with E-state index in [-0.39, 0.29) is 0 Å². The van der Waals surface area contributed by atoms with Gasteiger partial charge in [-0.25, -0.2) is 0 Å². The number of hydrogen-bond acceptors (Lipinski definition) is 2. The SMILES string of the molecule is CCCCCSc1ccc(I)cc1N. The molecule has 0 radical (unpaired) electrons. The molecule has 1 aromatic rings. The second-order valence-electron chi connectivity index (χ2n) is 3.24. The van der Waals surface area contributed by atoms with Gasteiger partial charge in [0.05, 0.1) is 0 Å². The smallest absolute Gasteiger partial charge is 0.0462 e. The van der Waals surface area contributed by atoms with E-state index in [1.807, 2.05) is 17.8 Å². The lowest BCUT2D eigenvalue weighted by atomic mass is 10.3. The number of thioether (sulfide) groups is 1. The predicted octanol–water partition coefficient (Wildman–Crippen LogP) is 4.16. The third-order valence-corrected chi connectivity index (χ3v) is 3.82. The Labute approximate surface area is 104 Å². The molecule has 3 heteroatoms. The van der Waals surface area contributed by atoms with E-state index in [2.05, 4.69) is 41.6 Å². The first-order chi connectivity index (χ1) is 6.74. The molecule has 78 valence electrons. The van der Waals surface area contributed by atoms with Crippen LogP contribution in [0.2, 0.25) is 0 Å². The van der Waals surface area contributed by atoms with Crippen molar-refractivity contribution in [1.29, 1.82) is 0 Å². The van der Waals surface area contributed by atoms with Gasteiger partial charge in [-0.3, -0.25) is 0 Å². The van der Waals surface area contributed by atoms with Crippen molar-refractivity contribution in [2.75, 3.05) is 11.5 Å². The van der Waals surface area contributed by atoms with Crippen molar-refractivity contribution < 1.29 is 0 Å². The molecule has 0 saturated heterocycles. The fraction of sp³-hybridized carbons (Fsp3) is 0.455. The lowest BCUT2D eigenvalue weighted by Gasteiger charge is -2.05. The minimum Gasteiger partial charge on any atom is -0.398 e. The van der Waals surface area contributed by atoms with Gasteiger partial charge >= 0.3 is 0 Å². The van der Waals surface area contributed by atoms with Crippen molar-refractivity contribution in [1.82, 2.24) is 0 Å². The van der Waals surface area contributed by atoms with E-state index in [4.69, 9.17) is 5.73 Å². The largest absolute Gasteiger partial charge is 0.398 e. The topological polar surface area (TPSA) is 26.0 Å². The minimum atomic E-state index is 0.915. The first-order valence-corrected chi connectivity index (χ1v) is 6.98. The number of unbranched alkanes of at least 4 members (excludes halogenated alkanes) is 2. The zero-order valence-corrected chi connectivity index (χ0v) is 11.4. The molecule has 0 spiro atoms. The molecule has 0 aliphatic heterocycles. The first-order valence-electron chi connectivity index (χ1n) is 4.92. The lowest BCUT2D eigenvalue weighted by Crippen LogP contribution is -1.90. The summed E-state index contributed by atoms with van der Waals surface area (Å²) in [6.45, 7) is 2.23. The third kappa shape index (κ3) is 4.09. The number of nitrogen functional groups attached to an aromatic ring is 1. The molecule has 0 aromatic heterocycles. The number of anilines is 1. The van der Waals surface area contributed by atoms with Gasteiger partial charge in [0.25, 0.3) is 0 Å². The molecule has 0 saturated carbocycles. The van der Waals surface area contributed by atoms with E-state index in [9.17, 15) is 0 Å². The van der Waals surface area contributed by atoms with Crippen LogP contribution in [0.4, 0.5) is 5.69 Å². The van der Waals surface area contributed by atoms with Crippen molar-refractivity contribution in [3.8, 4) is 0 Å². The quantitative estimate of drug-likeness (QED) is 0.381. The van der Waals surface area contributed by atoms with E-state index in [0.717, 1.165) is 5.69 Å². The molecule has 0 atom stereocenters. The highest BCUT2D eigenvalue weighted by molar-refractivity contribution is 14.1. The summed E-state index contributed by atoms with van der Waals surface area (Å²) in [6, 6.07) is 6.26. The lowest BCUT2D eigenvalue weighted by molar-refractivity contribution is 0.778. The predicted molar refractivity (Wildman–Crippen MR) is 73.8 cm³/mol. The highest BCUT2D eigenvalue weighted by Crippen LogP contribution is 2.27. The van der Waals surface area contributed by atoms with Crippen LogP contribution < -0.4 is 5.73 Å². The molecule has 0 fully saturated rings. The van der Waals surface area contributed by atoms with Gasteiger partial charge in [-0.15, -0.1) is 11.8 Å². The third-order valence-electron chi connectivity index (χ3n) is 1.98. The summed E-state index contributed by atoms with van der Waals surface area (Å²) in [7, 11) is 0. The summed E-state index contributed by atoms with van der Waals surface area (Å²) in [5, 5.41) is 0. The Bertz CT molecular complexity index is 289. The van der Waals surface area contributed by atoms with Crippen LogP contribution in [0.25, 0.3) is 0 Å². The van der Waals surface area contributed by atoms with Gasteiger partial charge in [0.2, 0.25) is 0 Å².